The Labute approximate surface area is 117 Å². The molecule has 0 aliphatic carbocycles. The maximum Gasteiger partial charge on any atom is 0.484 e. The van der Waals surface area contributed by atoms with Crippen LogP contribution >= 0.6 is 0 Å². The highest BCUT2D eigenvalue weighted by molar-refractivity contribution is 6.36. The highest BCUT2D eigenvalue weighted by Gasteiger charge is 2.14. The molecule has 0 heterocycles. The molecular weight excluding hydrogens is 272 g/mol. The fraction of sp³-hybridized carbons (Fsp3) is 1.00. The summed E-state index contributed by atoms with van der Waals surface area (Å²) in [7, 11) is 2.80. The SMILES string of the molecule is CCO.COCCO[SiH](OCCOC)OCCOC. The topological polar surface area (TPSA) is 75.6 Å². The largest absolute Gasteiger partial charge is 0.484 e. The molecule has 0 saturated heterocycles. The van der Waals surface area contributed by atoms with Gasteiger partial charge in [0.05, 0.1) is 39.6 Å². The zero-order valence-electron chi connectivity index (χ0n) is 12.4. The van der Waals surface area contributed by atoms with Gasteiger partial charge in [0.25, 0.3) is 0 Å². The van der Waals surface area contributed by atoms with Crippen LogP contribution in [0, 0.1) is 0 Å². The van der Waals surface area contributed by atoms with Crippen LogP contribution in [-0.2, 0) is 27.5 Å². The van der Waals surface area contributed by atoms with Crippen LogP contribution in [0.15, 0.2) is 0 Å². The number of hydrogen-bond acceptors (Lipinski definition) is 7. The van der Waals surface area contributed by atoms with Crippen LogP contribution in [0.2, 0.25) is 0 Å². The molecule has 0 rings (SSSR count). The summed E-state index contributed by atoms with van der Waals surface area (Å²) in [5.74, 6) is 0. The Morgan fingerprint density at radius 3 is 1.16 bits per heavy atom. The molecule has 0 amide bonds. The summed E-state index contributed by atoms with van der Waals surface area (Å²) in [5, 5.41) is 7.57. The van der Waals surface area contributed by atoms with Gasteiger partial charge in [0, 0.05) is 27.9 Å². The minimum Gasteiger partial charge on any atom is -0.397 e. The smallest absolute Gasteiger partial charge is 0.397 e. The van der Waals surface area contributed by atoms with Gasteiger partial charge in [-0.3, -0.25) is 0 Å². The molecule has 0 saturated carbocycles. The first kappa shape index (κ1) is 21.2. The minimum atomic E-state index is -2.07. The molecule has 0 aromatic heterocycles. The van der Waals surface area contributed by atoms with Crippen LogP contribution in [0.4, 0.5) is 0 Å². The number of hydrogen-bond donors (Lipinski definition) is 1. The first-order chi connectivity index (χ1) is 9.26. The van der Waals surface area contributed by atoms with Crippen molar-refractivity contribution in [2.45, 2.75) is 6.92 Å². The molecule has 0 aromatic rings. The maximum absolute atomic E-state index is 7.57. The molecule has 0 unspecified atom stereocenters. The Morgan fingerprint density at radius 1 is 0.684 bits per heavy atom. The molecular formula is C11H28O7Si. The van der Waals surface area contributed by atoms with E-state index in [4.69, 9.17) is 32.6 Å². The standard InChI is InChI=1S/C9H22O6Si.C2H6O/c1-10-4-7-13-16(14-8-5-11-2)15-9-6-12-3;1-2-3/h16H,4-9H2,1-3H3;3H,2H2,1H3. The summed E-state index contributed by atoms with van der Waals surface area (Å²) >= 11 is 0. The van der Waals surface area contributed by atoms with E-state index in [0.29, 0.717) is 39.6 Å². The zero-order chi connectivity index (χ0) is 14.8. The molecule has 0 atom stereocenters. The van der Waals surface area contributed by atoms with Crippen molar-refractivity contribution in [3.8, 4) is 0 Å². The zero-order valence-corrected chi connectivity index (χ0v) is 13.6. The third kappa shape index (κ3) is 20.4. The van der Waals surface area contributed by atoms with Crippen LogP contribution < -0.4 is 0 Å². The van der Waals surface area contributed by atoms with E-state index in [1.54, 1.807) is 28.3 Å². The van der Waals surface area contributed by atoms with Crippen molar-refractivity contribution >= 4 is 9.53 Å². The highest BCUT2D eigenvalue weighted by Crippen LogP contribution is 1.93. The molecule has 0 fully saturated rings. The van der Waals surface area contributed by atoms with Crippen LogP contribution in [0.5, 0.6) is 0 Å². The van der Waals surface area contributed by atoms with Crippen molar-refractivity contribution in [2.75, 3.05) is 67.6 Å². The van der Waals surface area contributed by atoms with Gasteiger partial charge in [-0.2, -0.15) is 0 Å². The molecule has 0 spiro atoms. The highest BCUT2D eigenvalue weighted by atomic mass is 28.3. The first-order valence-corrected chi connectivity index (χ1v) is 7.60. The summed E-state index contributed by atoms with van der Waals surface area (Å²) < 4.78 is 30.9. The third-order valence-electron chi connectivity index (χ3n) is 1.62. The van der Waals surface area contributed by atoms with E-state index in [9.17, 15) is 0 Å². The lowest BCUT2D eigenvalue weighted by Gasteiger charge is -2.16. The molecule has 0 radical (unpaired) electrons. The van der Waals surface area contributed by atoms with E-state index in [1.807, 2.05) is 0 Å². The van der Waals surface area contributed by atoms with Crippen molar-refractivity contribution in [3.63, 3.8) is 0 Å². The molecule has 19 heavy (non-hydrogen) atoms. The monoisotopic (exact) mass is 300 g/mol. The molecule has 8 heteroatoms. The van der Waals surface area contributed by atoms with Crippen LogP contribution in [0.1, 0.15) is 6.92 Å². The van der Waals surface area contributed by atoms with E-state index in [1.165, 1.54) is 0 Å². The quantitative estimate of drug-likeness (QED) is 0.391. The van der Waals surface area contributed by atoms with Crippen molar-refractivity contribution in [1.82, 2.24) is 0 Å². The number of methoxy groups -OCH3 is 3. The van der Waals surface area contributed by atoms with Crippen molar-refractivity contribution in [1.29, 1.82) is 0 Å². The summed E-state index contributed by atoms with van der Waals surface area (Å²) in [6.07, 6.45) is 0. The minimum absolute atomic E-state index is 0.250. The molecule has 0 bridgehead atoms. The number of ether oxygens (including phenoxy) is 3. The van der Waals surface area contributed by atoms with Gasteiger partial charge in [0.15, 0.2) is 0 Å². The second-order valence-corrected chi connectivity index (χ2v) is 4.77. The Morgan fingerprint density at radius 2 is 0.947 bits per heavy atom. The Balaban J connectivity index is 0. The maximum atomic E-state index is 7.57. The number of aliphatic hydroxyl groups excluding tert-OH is 1. The van der Waals surface area contributed by atoms with Gasteiger partial charge in [0.1, 0.15) is 0 Å². The number of rotatable bonds is 12. The van der Waals surface area contributed by atoms with Crippen LogP contribution in [0.3, 0.4) is 0 Å². The Kier molecular flexibility index (Phi) is 22.6. The summed E-state index contributed by atoms with van der Waals surface area (Å²) in [6, 6.07) is 0. The van der Waals surface area contributed by atoms with Gasteiger partial charge >= 0.3 is 9.53 Å². The van der Waals surface area contributed by atoms with Crippen molar-refractivity contribution < 1.29 is 32.6 Å². The lowest BCUT2D eigenvalue weighted by Crippen LogP contribution is -2.31. The van der Waals surface area contributed by atoms with E-state index in [0.717, 1.165) is 0 Å². The third-order valence-corrected chi connectivity index (χ3v) is 3.15. The molecule has 7 nitrogen and oxygen atoms in total. The molecule has 0 aliphatic rings. The van der Waals surface area contributed by atoms with Gasteiger partial charge in [-0.15, -0.1) is 0 Å². The van der Waals surface area contributed by atoms with Crippen LogP contribution in [0.25, 0.3) is 0 Å². The average Bonchev–Trinajstić information content (AvgIpc) is 2.40. The Hall–Kier alpha value is -0.0631. The van der Waals surface area contributed by atoms with Gasteiger partial charge in [-0.25, -0.2) is 0 Å². The molecule has 0 aromatic carbocycles. The molecule has 118 valence electrons. The van der Waals surface area contributed by atoms with Crippen LogP contribution in [-0.4, -0.2) is 82.2 Å². The molecule has 1 N–H and O–H groups in total. The lowest BCUT2D eigenvalue weighted by atomic mass is 10.8. The normalized spacial score (nSPS) is 10.4. The van der Waals surface area contributed by atoms with Gasteiger partial charge in [-0.1, -0.05) is 0 Å². The lowest BCUT2D eigenvalue weighted by molar-refractivity contribution is 0.0381. The van der Waals surface area contributed by atoms with E-state index < -0.39 is 9.53 Å². The predicted octanol–water partition coefficient (Wildman–Crippen LogP) is -0.309. The van der Waals surface area contributed by atoms with Crippen molar-refractivity contribution in [2.24, 2.45) is 0 Å². The summed E-state index contributed by atoms with van der Waals surface area (Å²) in [6.45, 7) is 4.97. The first-order valence-electron chi connectivity index (χ1n) is 6.19. The van der Waals surface area contributed by atoms with E-state index in [2.05, 4.69) is 0 Å². The van der Waals surface area contributed by atoms with Gasteiger partial charge in [-0.05, 0) is 6.92 Å². The van der Waals surface area contributed by atoms with E-state index >= 15 is 0 Å². The molecule has 0 aliphatic heterocycles. The van der Waals surface area contributed by atoms with E-state index in [-0.39, 0.29) is 6.61 Å². The summed E-state index contributed by atoms with van der Waals surface area (Å²) in [4.78, 5) is 0. The Bertz CT molecular complexity index is 127. The fourth-order valence-corrected chi connectivity index (χ4v) is 1.98. The second kappa shape index (κ2) is 20.3. The summed E-state index contributed by atoms with van der Waals surface area (Å²) in [5.41, 5.74) is 0. The predicted molar refractivity (Wildman–Crippen MR) is 73.4 cm³/mol. The average molecular weight is 300 g/mol. The second-order valence-electron chi connectivity index (χ2n) is 3.20. The fourth-order valence-electron chi connectivity index (χ4n) is 0.827. The van der Waals surface area contributed by atoms with Crippen molar-refractivity contribution in [3.05, 3.63) is 0 Å². The van der Waals surface area contributed by atoms with Gasteiger partial charge < -0.3 is 32.6 Å². The number of aliphatic hydroxyl groups is 1. The van der Waals surface area contributed by atoms with Gasteiger partial charge in [0.2, 0.25) is 0 Å².